The molecule has 2 aliphatic rings. The summed E-state index contributed by atoms with van der Waals surface area (Å²) in [6.07, 6.45) is 3.45. The number of methoxy groups -OCH3 is 1. The van der Waals surface area contributed by atoms with Crippen molar-refractivity contribution >= 4 is 0 Å². The van der Waals surface area contributed by atoms with Crippen LogP contribution in [-0.4, -0.2) is 28.7 Å². The van der Waals surface area contributed by atoms with Crippen molar-refractivity contribution in [3.8, 4) is 17.2 Å². The van der Waals surface area contributed by atoms with E-state index < -0.39 is 0 Å². The smallest absolute Gasteiger partial charge is 0.231 e. The van der Waals surface area contributed by atoms with Crippen molar-refractivity contribution in [1.82, 2.24) is 20.1 Å². The van der Waals surface area contributed by atoms with Crippen LogP contribution >= 0.6 is 0 Å². The fraction of sp³-hybridized carbons (Fsp3) is 0.500. The zero-order valence-electron chi connectivity index (χ0n) is 13.2. The van der Waals surface area contributed by atoms with Gasteiger partial charge < -0.3 is 24.1 Å². The fourth-order valence-electron chi connectivity index (χ4n) is 3.10. The molecule has 0 radical (unpaired) electrons. The third kappa shape index (κ3) is 2.72. The summed E-state index contributed by atoms with van der Waals surface area (Å²) in [5.74, 6) is 4.24. The molecule has 7 heteroatoms. The molecule has 3 heterocycles. The van der Waals surface area contributed by atoms with Gasteiger partial charge in [-0.2, -0.15) is 0 Å². The zero-order valence-corrected chi connectivity index (χ0v) is 13.2. The lowest BCUT2D eigenvalue weighted by Gasteiger charge is -2.15. The average molecular weight is 316 g/mol. The van der Waals surface area contributed by atoms with E-state index in [4.69, 9.17) is 14.2 Å². The number of rotatable bonds is 5. The van der Waals surface area contributed by atoms with Gasteiger partial charge in [-0.25, -0.2) is 0 Å². The first-order chi connectivity index (χ1) is 11.3. The first kappa shape index (κ1) is 14.3. The standard InChI is InChI=1S/C16H20N4O3/c1-21-12-6-11(7-13-16(12)23-10-22-13)8-17-9-15-19-18-14-4-2-3-5-20(14)15/h6-7,17H,2-5,8-10H2,1H3. The highest BCUT2D eigenvalue weighted by atomic mass is 16.7. The molecule has 0 amide bonds. The average Bonchev–Trinajstić information content (AvgIpc) is 3.21. The Labute approximate surface area is 134 Å². The SMILES string of the molecule is COc1cc(CNCc2nnc3n2CCCC3)cc2c1OCO2. The van der Waals surface area contributed by atoms with E-state index in [1.807, 2.05) is 12.1 Å². The lowest BCUT2D eigenvalue weighted by atomic mass is 10.1. The molecule has 4 rings (SSSR count). The molecule has 2 aromatic rings. The quantitative estimate of drug-likeness (QED) is 0.904. The minimum Gasteiger partial charge on any atom is -0.493 e. The maximum atomic E-state index is 5.45. The molecule has 2 aliphatic heterocycles. The molecular formula is C16H20N4O3. The number of aromatic nitrogens is 3. The second kappa shape index (κ2) is 6.08. The van der Waals surface area contributed by atoms with Crippen LogP contribution in [-0.2, 0) is 26.1 Å². The van der Waals surface area contributed by atoms with Gasteiger partial charge in [0.25, 0.3) is 0 Å². The molecular weight excluding hydrogens is 296 g/mol. The van der Waals surface area contributed by atoms with E-state index in [9.17, 15) is 0 Å². The Kier molecular flexibility index (Phi) is 3.78. The van der Waals surface area contributed by atoms with Gasteiger partial charge in [0.1, 0.15) is 11.6 Å². The van der Waals surface area contributed by atoms with E-state index in [1.54, 1.807) is 7.11 Å². The van der Waals surface area contributed by atoms with Crippen LogP contribution in [0.5, 0.6) is 17.2 Å². The second-order valence-electron chi connectivity index (χ2n) is 5.78. The predicted molar refractivity (Wildman–Crippen MR) is 82.6 cm³/mol. The van der Waals surface area contributed by atoms with Crippen molar-refractivity contribution in [3.05, 3.63) is 29.3 Å². The summed E-state index contributed by atoms with van der Waals surface area (Å²) in [4.78, 5) is 0. The van der Waals surface area contributed by atoms with Crippen LogP contribution in [0.3, 0.4) is 0 Å². The molecule has 23 heavy (non-hydrogen) atoms. The van der Waals surface area contributed by atoms with Gasteiger partial charge in [0.2, 0.25) is 12.5 Å². The van der Waals surface area contributed by atoms with Gasteiger partial charge in [-0.05, 0) is 30.5 Å². The van der Waals surface area contributed by atoms with Crippen molar-refractivity contribution in [2.24, 2.45) is 0 Å². The number of nitrogens with zero attached hydrogens (tertiary/aromatic N) is 3. The van der Waals surface area contributed by atoms with Crippen molar-refractivity contribution < 1.29 is 14.2 Å². The molecule has 0 saturated carbocycles. The van der Waals surface area contributed by atoms with Gasteiger partial charge in [0, 0.05) is 19.5 Å². The lowest BCUT2D eigenvalue weighted by molar-refractivity contribution is 0.171. The fourth-order valence-corrected chi connectivity index (χ4v) is 3.10. The molecule has 7 nitrogen and oxygen atoms in total. The van der Waals surface area contributed by atoms with Gasteiger partial charge in [0.15, 0.2) is 11.5 Å². The number of hydrogen-bond acceptors (Lipinski definition) is 6. The monoisotopic (exact) mass is 316 g/mol. The highest BCUT2D eigenvalue weighted by molar-refractivity contribution is 5.55. The molecule has 122 valence electrons. The van der Waals surface area contributed by atoms with Gasteiger partial charge >= 0.3 is 0 Å². The van der Waals surface area contributed by atoms with Crippen molar-refractivity contribution in [1.29, 1.82) is 0 Å². The van der Waals surface area contributed by atoms with Crippen molar-refractivity contribution in [3.63, 3.8) is 0 Å². The number of hydrogen-bond donors (Lipinski definition) is 1. The number of nitrogens with one attached hydrogen (secondary N) is 1. The largest absolute Gasteiger partial charge is 0.493 e. The maximum Gasteiger partial charge on any atom is 0.231 e. The summed E-state index contributed by atoms with van der Waals surface area (Å²) in [5.41, 5.74) is 1.09. The highest BCUT2D eigenvalue weighted by Crippen LogP contribution is 2.41. The summed E-state index contributed by atoms with van der Waals surface area (Å²) in [7, 11) is 1.64. The number of ether oxygens (including phenoxy) is 3. The van der Waals surface area contributed by atoms with Crippen LogP contribution in [0.25, 0.3) is 0 Å². The third-order valence-electron chi connectivity index (χ3n) is 4.27. The van der Waals surface area contributed by atoms with Crippen LogP contribution in [0.15, 0.2) is 12.1 Å². The molecule has 1 aromatic carbocycles. The summed E-state index contributed by atoms with van der Waals surface area (Å²) >= 11 is 0. The second-order valence-corrected chi connectivity index (χ2v) is 5.78. The number of benzene rings is 1. The number of fused-ring (bicyclic) bond motifs is 2. The van der Waals surface area contributed by atoms with Crippen LogP contribution in [0.2, 0.25) is 0 Å². The van der Waals surface area contributed by atoms with Crippen molar-refractivity contribution in [2.45, 2.75) is 38.9 Å². The molecule has 0 bridgehead atoms. The molecule has 0 saturated heterocycles. The highest BCUT2D eigenvalue weighted by Gasteiger charge is 2.20. The molecule has 0 aliphatic carbocycles. The first-order valence-electron chi connectivity index (χ1n) is 7.93. The van der Waals surface area contributed by atoms with E-state index in [1.165, 1.54) is 12.8 Å². The van der Waals surface area contributed by atoms with Crippen LogP contribution < -0.4 is 19.5 Å². The molecule has 1 N–H and O–H groups in total. The van der Waals surface area contributed by atoms with Crippen LogP contribution in [0, 0.1) is 0 Å². The van der Waals surface area contributed by atoms with Crippen LogP contribution in [0.4, 0.5) is 0 Å². The molecule has 1 aromatic heterocycles. The van der Waals surface area contributed by atoms with Gasteiger partial charge in [0.05, 0.1) is 13.7 Å². The topological polar surface area (TPSA) is 70.4 Å². The molecule has 0 unspecified atom stereocenters. The van der Waals surface area contributed by atoms with E-state index in [0.717, 1.165) is 35.9 Å². The summed E-state index contributed by atoms with van der Waals surface area (Å²) in [6, 6.07) is 3.96. The predicted octanol–water partition coefficient (Wildman–Crippen LogP) is 1.64. The Morgan fingerprint density at radius 1 is 1.22 bits per heavy atom. The first-order valence-corrected chi connectivity index (χ1v) is 7.93. The maximum absolute atomic E-state index is 5.45. The Bertz CT molecular complexity index is 714. The van der Waals surface area contributed by atoms with Gasteiger partial charge in [-0.3, -0.25) is 0 Å². The molecule has 0 fully saturated rings. The van der Waals surface area contributed by atoms with E-state index in [2.05, 4.69) is 20.1 Å². The van der Waals surface area contributed by atoms with Crippen molar-refractivity contribution in [2.75, 3.05) is 13.9 Å². The minimum atomic E-state index is 0.245. The summed E-state index contributed by atoms with van der Waals surface area (Å²) in [6.45, 7) is 2.67. The Hall–Kier alpha value is -2.28. The van der Waals surface area contributed by atoms with E-state index in [-0.39, 0.29) is 6.79 Å². The Morgan fingerprint density at radius 2 is 2.17 bits per heavy atom. The lowest BCUT2D eigenvalue weighted by Crippen LogP contribution is -2.19. The number of aryl methyl sites for hydroxylation is 1. The van der Waals surface area contributed by atoms with E-state index in [0.29, 0.717) is 24.6 Å². The van der Waals surface area contributed by atoms with Gasteiger partial charge in [-0.1, -0.05) is 0 Å². The summed E-state index contributed by atoms with van der Waals surface area (Å²) in [5, 5.41) is 12.0. The zero-order chi connectivity index (χ0) is 15.6. The summed E-state index contributed by atoms with van der Waals surface area (Å²) < 4.78 is 18.5. The normalized spacial score (nSPS) is 15.5. The Morgan fingerprint density at radius 3 is 3.09 bits per heavy atom. The third-order valence-corrected chi connectivity index (χ3v) is 4.27. The minimum absolute atomic E-state index is 0.245. The molecule has 0 atom stereocenters. The van der Waals surface area contributed by atoms with Crippen LogP contribution in [0.1, 0.15) is 30.1 Å². The Balaban J connectivity index is 1.43. The van der Waals surface area contributed by atoms with Gasteiger partial charge in [-0.15, -0.1) is 10.2 Å². The van der Waals surface area contributed by atoms with E-state index >= 15 is 0 Å². The molecule has 0 spiro atoms.